The SMILES string of the molecule is CCOc1cccc(NC(C)C(C)OC)n1. The van der Waals surface area contributed by atoms with Crippen LogP contribution in [0.5, 0.6) is 5.88 Å². The Balaban J connectivity index is 2.62. The summed E-state index contributed by atoms with van der Waals surface area (Å²) in [7, 11) is 1.70. The molecule has 4 heteroatoms. The Hall–Kier alpha value is -1.29. The van der Waals surface area contributed by atoms with E-state index in [9.17, 15) is 0 Å². The van der Waals surface area contributed by atoms with Gasteiger partial charge in [-0.05, 0) is 26.8 Å². The molecule has 0 saturated heterocycles. The number of rotatable bonds is 6. The molecule has 0 fully saturated rings. The summed E-state index contributed by atoms with van der Waals surface area (Å²) in [6.07, 6.45) is 0.137. The molecule has 0 aliphatic rings. The zero-order valence-electron chi connectivity index (χ0n) is 10.4. The van der Waals surface area contributed by atoms with Crippen LogP contribution in [0.3, 0.4) is 0 Å². The third-order valence-corrected chi connectivity index (χ3v) is 2.47. The lowest BCUT2D eigenvalue weighted by Gasteiger charge is -2.20. The van der Waals surface area contributed by atoms with Gasteiger partial charge >= 0.3 is 0 Å². The van der Waals surface area contributed by atoms with Crippen molar-refractivity contribution in [2.24, 2.45) is 0 Å². The van der Waals surface area contributed by atoms with Crippen LogP contribution >= 0.6 is 0 Å². The molecule has 0 saturated carbocycles. The molecule has 1 aromatic rings. The summed E-state index contributed by atoms with van der Waals surface area (Å²) in [6.45, 7) is 6.64. The minimum absolute atomic E-state index is 0.137. The maximum atomic E-state index is 5.33. The molecule has 0 spiro atoms. The topological polar surface area (TPSA) is 43.4 Å². The highest BCUT2D eigenvalue weighted by molar-refractivity contribution is 5.38. The maximum Gasteiger partial charge on any atom is 0.215 e. The molecule has 0 aliphatic carbocycles. The lowest BCUT2D eigenvalue weighted by atomic mass is 10.2. The van der Waals surface area contributed by atoms with Gasteiger partial charge in [-0.2, -0.15) is 4.98 Å². The van der Waals surface area contributed by atoms with Gasteiger partial charge in [0.2, 0.25) is 5.88 Å². The molecule has 4 nitrogen and oxygen atoms in total. The first-order chi connectivity index (χ1) is 7.67. The van der Waals surface area contributed by atoms with E-state index in [0.717, 1.165) is 5.82 Å². The first-order valence-corrected chi connectivity index (χ1v) is 5.56. The van der Waals surface area contributed by atoms with Crippen LogP contribution in [-0.2, 0) is 4.74 Å². The summed E-state index contributed by atoms with van der Waals surface area (Å²) < 4.78 is 10.6. The molecular formula is C12H20N2O2. The Labute approximate surface area is 97.0 Å². The highest BCUT2D eigenvalue weighted by Crippen LogP contribution is 2.13. The largest absolute Gasteiger partial charge is 0.478 e. The van der Waals surface area contributed by atoms with Crippen LogP contribution in [0.2, 0.25) is 0 Å². The number of methoxy groups -OCH3 is 1. The first-order valence-electron chi connectivity index (χ1n) is 5.56. The average molecular weight is 224 g/mol. The summed E-state index contributed by atoms with van der Waals surface area (Å²) in [5, 5.41) is 3.28. The van der Waals surface area contributed by atoms with Crippen LogP contribution in [0.4, 0.5) is 5.82 Å². The van der Waals surface area contributed by atoms with Gasteiger partial charge in [0, 0.05) is 13.2 Å². The van der Waals surface area contributed by atoms with Crippen LogP contribution in [0.1, 0.15) is 20.8 Å². The van der Waals surface area contributed by atoms with Crippen molar-refractivity contribution in [3.8, 4) is 5.88 Å². The Kier molecular flexibility index (Phi) is 5.05. The molecule has 0 radical (unpaired) electrons. The summed E-state index contributed by atoms with van der Waals surface area (Å²) in [5.41, 5.74) is 0. The van der Waals surface area contributed by atoms with Crippen molar-refractivity contribution in [3.05, 3.63) is 18.2 Å². The quantitative estimate of drug-likeness (QED) is 0.805. The highest BCUT2D eigenvalue weighted by Gasteiger charge is 2.11. The number of anilines is 1. The standard InChI is InChI=1S/C12H20N2O2/c1-5-16-12-8-6-7-11(14-12)13-9(2)10(3)15-4/h6-10H,5H2,1-4H3,(H,13,14). The Morgan fingerprint density at radius 3 is 2.75 bits per heavy atom. The molecule has 2 atom stereocenters. The van der Waals surface area contributed by atoms with E-state index in [4.69, 9.17) is 9.47 Å². The van der Waals surface area contributed by atoms with Gasteiger partial charge < -0.3 is 14.8 Å². The van der Waals surface area contributed by atoms with Gasteiger partial charge in [0.25, 0.3) is 0 Å². The molecule has 1 N–H and O–H groups in total. The number of ether oxygens (including phenoxy) is 2. The summed E-state index contributed by atoms with van der Waals surface area (Å²) in [6, 6.07) is 5.89. The van der Waals surface area contributed by atoms with E-state index in [1.807, 2.05) is 32.0 Å². The summed E-state index contributed by atoms with van der Waals surface area (Å²) in [4.78, 5) is 4.33. The van der Waals surface area contributed by atoms with Crippen molar-refractivity contribution >= 4 is 5.82 Å². The lowest BCUT2D eigenvalue weighted by molar-refractivity contribution is 0.106. The molecule has 0 aromatic carbocycles. The maximum absolute atomic E-state index is 5.33. The average Bonchev–Trinajstić information content (AvgIpc) is 2.29. The normalized spacial score (nSPS) is 14.2. The molecule has 0 aliphatic heterocycles. The molecule has 90 valence electrons. The van der Waals surface area contributed by atoms with Gasteiger partial charge in [-0.25, -0.2) is 0 Å². The smallest absolute Gasteiger partial charge is 0.215 e. The number of hydrogen-bond donors (Lipinski definition) is 1. The molecule has 1 rings (SSSR count). The van der Waals surface area contributed by atoms with Crippen molar-refractivity contribution in [2.45, 2.75) is 32.9 Å². The van der Waals surface area contributed by atoms with Crippen LogP contribution < -0.4 is 10.1 Å². The highest BCUT2D eigenvalue weighted by atomic mass is 16.5. The summed E-state index contributed by atoms with van der Waals surface area (Å²) in [5.74, 6) is 1.45. The van der Waals surface area contributed by atoms with Gasteiger partial charge in [-0.3, -0.25) is 0 Å². The van der Waals surface area contributed by atoms with Gasteiger partial charge in [-0.15, -0.1) is 0 Å². The van der Waals surface area contributed by atoms with Crippen molar-refractivity contribution in [1.29, 1.82) is 0 Å². The zero-order valence-corrected chi connectivity index (χ0v) is 10.4. The molecular weight excluding hydrogens is 204 g/mol. The van der Waals surface area contributed by atoms with E-state index in [1.165, 1.54) is 0 Å². The second-order valence-corrected chi connectivity index (χ2v) is 3.67. The molecule has 0 amide bonds. The fourth-order valence-electron chi connectivity index (χ4n) is 1.28. The van der Waals surface area contributed by atoms with Crippen LogP contribution in [-0.4, -0.2) is 30.8 Å². The van der Waals surface area contributed by atoms with Crippen molar-refractivity contribution in [1.82, 2.24) is 4.98 Å². The van der Waals surface area contributed by atoms with Crippen molar-refractivity contribution in [3.63, 3.8) is 0 Å². The van der Waals surface area contributed by atoms with Gasteiger partial charge in [0.15, 0.2) is 0 Å². The minimum atomic E-state index is 0.137. The van der Waals surface area contributed by atoms with Gasteiger partial charge in [-0.1, -0.05) is 6.07 Å². The van der Waals surface area contributed by atoms with Crippen molar-refractivity contribution in [2.75, 3.05) is 19.0 Å². The number of aromatic nitrogens is 1. The van der Waals surface area contributed by atoms with E-state index in [-0.39, 0.29) is 12.1 Å². The fraction of sp³-hybridized carbons (Fsp3) is 0.583. The molecule has 1 heterocycles. The number of hydrogen-bond acceptors (Lipinski definition) is 4. The van der Waals surface area contributed by atoms with E-state index in [2.05, 4.69) is 17.2 Å². The van der Waals surface area contributed by atoms with E-state index < -0.39 is 0 Å². The molecule has 0 bridgehead atoms. The zero-order chi connectivity index (χ0) is 12.0. The second-order valence-electron chi connectivity index (χ2n) is 3.67. The monoisotopic (exact) mass is 224 g/mol. The predicted molar refractivity (Wildman–Crippen MR) is 65.0 cm³/mol. The van der Waals surface area contributed by atoms with Gasteiger partial charge in [0.1, 0.15) is 5.82 Å². The number of pyridine rings is 1. The first kappa shape index (κ1) is 12.8. The van der Waals surface area contributed by atoms with E-state index in [0.29, 0.717) is 12.5 Å². The molecule has 1 aromatic heterocycles. The number of nitrogens with one attached hydrogen (secondary N) is 1. The van der Waals surface area contributed by atoms with Gasteiger partial charge in [0.05, 0.1) is 18.8 Å². The third kappa shape index (κ3) is 3.70. The minimum Gasteiger partial charge on any atom is -0.478 e. The van der Waals surface area contributed by atoms with Crippen LogP contribution in [0, 0.1) is 0 Å². The Morgan fingerprint density at radius 1 is 1.38 bits per heavy atom. The van der Waals surface area contributed by atoms with Crippen molar-refractivity contribution < 1.29 is 9.47 Å². The Bertz CT molecular complexity index is 318. The second kappa shape index (κ2) is 6.33. The van der Waals surface area contributed by atoms with E-state index in [1.54, 1.807) is 7.11 Å². The van der Waals surface area contributed by atoms with Crippen LogP contribution in [0.15, 0.2) is 18.2 Å². The number of nitrogens with zero attached hydrogens (tertiary/aromatic N) is 1. The molecule has 16 heavy (non-hydrogen) atoms. The van der Waals surface area contributed by atoms with Crippen LogP contribution in [0.25, 0.3) is 0 Å². The third-order valence-electron chi connectivity index (χ3n) is 2.47. The Morgan fingerprint density at radius 2 is 2.12 bits per heavy atom. The van der Waals surface area contributed by atoms with E-state index >= 15 is 0 Å². The lowest BCUT2D eigenvalue weighted by Crippen LogP contribution is -2.30. The predicted octanol–water partition coefficient (Wildman–Crippen LogP) is 2.32. The molecule has 2 unspecified atom stereocenters. The fourth-order valence-corrected chi connectivity index (χ4v) is 1.28. The summed E-state index contributed by atoms with van der Waals surface area (Å²) >= 11 is 0.